The fraction of sp³-hybridized carbons (Fsp3) is 0.207. The fourth-order valence-electron chi connectivity index (χ4n) is 4.88. The molecule has 0 radical (unpaired) electrons. The van der Waals surface area contributed by atoms with E-state index in [1.54, 1.807) is 13.0 Å². The first-order valence-electron chi connectivity index (χ1n) is 11.9. The number of nitrogens with two attached hydrogens (primary N) is 1. The van der Waals surface area contributed by atoms with Crippen LogP contribution in [-0.4, -0.2) is 21.4 Å². The monoisotopic (exact) mass is 480 g/mol. The van der Waals surface area contributed by atoms with Gasteiger partial charge in [0.1, 0.15) is 0 Å². The quantitative estimate of drug-likeness (QED) is 0.345. The lowest BCUT2D eigenvalue weighted by Gasteiger charge is -2.42. The number of hydrogen-bond donors (Lipinski definition) is 2. The average Bonchev–Trinajstić information content (AvgIpc) is 3.20. The molecule has 4 aromatic rings. The second kappa shape index (κ2) is 9.00. The molecule has 2 amide bonds. The van der Waals surface area contributed by atoms with Crippen LogP contribution in [-0.2, 0) is 10.3 Å². The number of aromatic nitrogens is 2. The van der Waals surface area contributed by atoms with Gasteiger partial charge in [0.05, 0.1) is 28.2 Å². The Kier molecular flexibility index (Phi) is 5.84. The molecule has 0 unspecified atom stereocenters. The first kappa shape index (κ1) is 23.4. The molecule has 0 aliphatic heterocycles. The van der Waals surface area contributed by atoms with Crippen LogP contribution in [0, 0.1) is 6.92 Å². The van der Waals surface area contributed by atoms with Crippen molar-refractivity contribution in [3.05, 3.63) is 95.9 Å². The standard InChI is InChI=1S/C29H28N4O3/c1-18(2)36-28(35)32-29(14-7-15-29)22-12-10-20(11-13-22)24-25(21-8-5-4-6-9-21)33-17-19(3)16-23(26(30)34)27(33)31-24/h4-6,8-13,16-17H,1,7,14-15H2,2-3H3,(H2,30,34)(H,32,35). The van der Waals surface area contributed by atoms with E-state index in [1.807, 2.05) is 72.1 Å². The molecular weight excluding hydrogens is 452 g/mol. The van der Waals surface area contributed by atoms with E-state index in [1.165, 1.54) is 0 Å². The summed E-state index contributed by atoms with van der Waals surface area (Å²) < 4.78 is 7.08. The summed E-state index contributed by atoms with van der Waals surface area (Å²) in [6.45, 7) is 7.21. The Hall–Kier alpha value is -4.39. The number of alkyl carbamates (subject to hydrolysis) is 1. The minimum Gasteiger partial charge on any atom is -0.416 e. The predicted molar refractivity (Wildman–Crippen MR) is 139 cm³/mol. The molecule has 1 fully saturated rings. The SMILES string of the molecule is C=C(C)OC(=O)NC1(c2ccc(-c3nc4c(C(N)=O)cc(C)cn4c3-c3ccccc3)cc2)CCC1. The number of benzene rings is 2. The van der Waals surface area contributed by atoms with Gasteiger partial charge in [0.25, 0.3) is 5.91 Å². The van der Waals surface area contributed by atoms with Gasteiger partial charge in [0.15, 0.2) is 5.65 Å². The summed E-state index contributed by atoms with van der Waals surface area (Å²) >= 11 is 0. The summed E-state index contributed by atoms with van der Waals surface area (Å²) in [5.41, 5.74) is 11.6. The lowest BCUT2D eigenvalue weighted by Crippen LogP contribution is -2.50. The van der Waals surface area contributed by atoms with E-state index in [0.717, 1.165) is 52.9 Å². The van der Waals surface area contributed by atoms with Crippen LogP contribution in [0.25, 0.3) is 28.2 Å². The van der Waals surface area contributed by atoms with Crippen molar-refractivity contribution in [3.63, 3.8) is 0 Å². The molecule has 2 aromatic carbocycles. The van der Waals surface area contributed by atoms with Crippen LogP contribution in [0.5, 0.6) is 0 Å². The Morgan fingerprint density at radius 3 is 2.36 bits per heavy atom. The predicted octanol–water partition coefficient (Wildman–Crippen LogP) is 5.71. The summed E-state index contributed by atoms with van der Waals surface area (Å²) in [7, 11) is 0. The van der Waals surface area contributed by atoms with Gasteiger partial charge in [-0.25, -0.2) is 9.78 Å². The maximum absolute atomic E-state index is 12.3. The Morgan fingerprint density at radius 2 is 1.78 bits per heavy atom. The van der Waals surface area contributed by atoms with Crippen molar-refractivity contribution in [3.8, 4) is 22.5 Å². The number of rotatable bonds is 6. The Balaban J connectivity index is 1.61. The van der Waals surface area contributed by atoms with Crippen molar-refractivity contribution in [2.24, 2.45) is 5.73 Å². The van der Waals surface area contributed by atoms with E-state index < -0.39 is 17.5 Å². The molecule has 7 nitrogen and oxygen atoms in total. The zero-order valence-corrected chi connectivity index (χ0v) is 20.4. The number of nitrogens with one attached hydrogen (secondary N) is 1. The highest BCUT2D eigenvalue weighted by Gasteiger charge is 2.40. The fourth-order valence-corrected chi connectivity index (χ4v) is 4.88. The summed E-state index contributed by atoms with van der Waals surface area (Å²) in [6.07, 6.45) is 4.17. The van der Waals surface area contributed by atoms with E-state index in [0.29, 0.717) is 17.0 Å². The molecule has 1 aliphatic rings. The molecule has 2 aromatic heterocycles. The van der Waals surface area contributed by atoms with E-state index in [2.05, 4.69) is 11.9 Å². The Morgan fingerprint density at radius 1 is 1.08 bits per heavy atom. The number of amides is 2. The second-order valence-electron chi connectivity index (χ2n) is 9.39. The first-order chi connectivity index (χ1) is 17.3. The van der Waals surface area contributed by atoms with Crippen LogP contribution in [0.15, 0.2) is 79.2 Å². The molecule has 0 spiro atoms. The topological polar surface area (TPSA) is 98.7 Å². The normalized spacial score (nSPS) is 14.2. The summed E-state index contributed by atoms with van der Waals surface area (Å²) in [5, 5.41) is 3.03. The largest absolute Gasteiger partial charge is 0.416 e. The Labute approximate surface area is 209 Å². The molecule has 182 valence electrons. The highest BCUT2D eigenvalue weighted by molar-refractivity contribution is 6.00. The second-order valence-corrected chi connectivity index (χ2v) is 9.39. The minimum absolute atomic E-state index is 0.350. The lowest BCUT2D eigenvalue weighted by molar-refractivity contribution is 0.100. The number of imidazole rings is 1. The van der Waals surface area contributed by atoms with Crippen molar-refractivity contribution in [1.82, 2.24) is 14.7 Å². The zero-order valence-electron chi connectivity index (χ0n) is 20.4. The van der Waals surface area contributed by atoms with Gasteiger partial charge in [0.2, 0.25) is 0 Å². The van der Waals surface area contributed by atoms with Gasteiger partial charge in [-0.3, -0.25) is 9.20 Å². The summed E-state index contributed by atoms with van der Waals surface area (Å²) in [6, 6.07) is 19.8. The zero-order chi connectivity index (χ0) is 25.4. The summed E-state index contributed by atoms with van der Waals surface area (Å²) in [4.78, 5) is 29.4. The average molecular weight is 481 g/mol. The highest BCUT2D eigenvalue weighted by atomic mass is 16.6. The van der Waals surface area contributed by atoms with E-state index >= 15 is 0 Å². The molecule has 7 heteroatoms. The van der Waals surface area contributed by atoms with Crippen LogP contribution in [0.3, 0.4) is 0 Å². The van der Waals surface area contributed by atoms with Crippen molar-refractivity contribution >= 4 is 17.6 Å². The van der Waals surface area contributed by atoms with Crippen LogP contribution < -0.4 is 11.1 Å². The number of primary amides is 1. The Bertz CT molecular complexity index is 1480. The number of ether oxygens (including phenoxy) is 1. The number of carbonyl (C=O) groups excluding carboxylic acids is 2. The van der Waals surface area contributed by atoms with Crippen LogP contribution in [0.1, 0.15) is 47.7 Å². The third kappa shape index (κ3) is 4.13. The van der Waals surface area contributed by atoms with Gasteiger partial charge >= 0.3 is 6.09 Å². The molecule has 1 saturated carbocycles. The smallest absolute Gasteiger partial charge is 0.412 e. The third-order valence-corrected chi connectivity index (χ3v) is 6.70. The maximum Gasteiger partial charge on any atom is 0.412 e. The van der Waals surface area contributed by atoms with Crippen LogP contribution >= 0.6 is 0 Å². The number of pyridine rings is 1. The molecule has 36 heavy (non-hydrogen) atoms. The maximum atomic E-state index is 12.3. The number of carbonyl (C=O) groups is 2. The number of nitrogens with zero attached hydrogens (tertiary/aromatic N) is 2. The van der Waals surface area contributed by atoms with Crippen LogP contribution in [0.4, 0.5) is 4.79 Å². The molecule has 1 aliphatic carbocycles. The first-order valence-corrected chi connectivity index (χ1v) is 11.9. The molecule has 3 N–H and O–H groups in total. The minimum atomic E-state index is -0.519. The number of hydrogen-bond acceptors (Lipinski definition) is 4. The molecule has 5 rings (SSSR count). The van der Waals surface area contributed by atoms with Crippen LogP contribution in [0.2, 0.25) is 0 Å². The van der Waals surface area contributed by atoms with Gasteiger partial charge < -0.3 is 15.8 Å². The van der Waals surface area contributed by atoms with Gasteiger partial charge in [-0.1, -0.05) is 61.2 Å². The van der Waals surface area contributed by atoms with Gasteiger partial charge in [0, 0.05) is 17.3 Å². The van der Waals surface area contributed by atoms with Crippen molar-refractivity contribution < 1.29 is 14.3 Å². The molecule has 0 saturated heterocycles. The lowest BCUT2D eigenvalue weighted by atomic mass is 9.71. The molecule has 0 bridgehead atoms. The van der Waals surface area contributed by atoms with E-state index in [9.17, 15) is 9.59 Å². The number of fused-ring (bicyclic) bond motifs is 1. The molecular formula is C29H28N4O3. The van der Waals surface area contributed by atoms with Crippen molar-refractivity contribution in [1.29, 1.82) is 0 Å². The van der Waals surface area contributed by atoms with Crippen molar-refractivity contribution in [2.45, 2.75) is 38.6 Å². The van der Waals surface area contributed by atoms with Gasteiger partial charge in [-0.2, -0.15) is 0 Å². The molecule has 2 heterocycles. The van der Waals surface area contributed by atoms with Gasteiger partial charge in [-0.15, -0.1) is 0 Å². The highest BCUT2D eigenvalue weighted by Crippen LogP contribution is 2.42. The van der Waals surface area contributed by atoms with Gasteiger partial charge in [-0.05, 0) is 50.3 Å². The number of aryl methyl sites for hydroxylation is 1. The number of allylic oxidation sites excluding steroid dienone is 1. The van der Waals surface area contributed by atoms with E-state index in [4.69, 9.17) is 15.5 Å². The molecule has 0 atom stereocenters. The summed E-state index contributed by atoms with van der Waals surface area (Å²) in [5.74, 6) is -0.168. The third-order valence-electron chi connectivity index (χ3n) is 6.70. The van der Waals surface area contributed by atoms with E-state index in [-0.39, 0.29) is 0 Å². The van der Waals surface area contributed by atoms with Crippen molar-refractivity contribution in [2.75, 3.05) is 0 Å².